The Hall–Kier alpha value is -2.58. The highest BCUT2D eigenvalue weighted by molar-refractivity contribution is 7.79. The van der Waals surface area contributed by atoms with Gasteiger partial charge in [0.05, 0.1) is 12.8 Å². The summed E-state index contributed by atoms with van der Waals surface area (Å²) >= 11 is 10.9. The van der Waals surface area contributed by atoms with Crippen LogP contribution in [0.4, 0.5) is 0 Å². The Morgan fingerprint density at radius 2 is 1.85 bits per heavy atom. The van der Waals surface area contributed by atoms with Crippen LogP contribution in [0.25, 0.3) is 16.9 Å². The first kappa shape index (κ1) is 18.2. The highest BCUT2D eigenvalue weighted by Crippen LogP contribution is 2.26. The van der Waals surface area contributed by atoms with Crippen LogP contribution in [-0.4, -0.2) is 31.5 Å². The van der Waals surface area contributed by atoms with E-state index >= 15 is 0 Å². The topological polar surface area (TPSA) is 63.2 Å². The number of rotatable bonds is 3. The zero-order chi connectivity index (χ0) is 19.0. The molecule has 2 aromatic heterocycles. The van der Waals surface area contributed by atoms with Crippen molar-refractivity contribution < 1.29 is 9.47 Å². The van der Waals surface area contributed by atoms with Gasteiger partial charge in [-0.25, -0.2) is 9.36 Å². The molecule has 26 heavy (non-hydrogen) atoms. The van der Waals surface area contributed by atoms with E-state index in [1.54, 1.807) is 35.6 Å². The molecule has 9 heteroatoms. The van der Waals surface area contributed by atoms with Gasteiger partial charge in [0.2, 0.25) is 0 Å². The first-order valence-corrected chi connectivity index (χ1v) is 8.47. The van der Waals surface area contributed by atoms with Crippen LogP contribution >= 0.6 is 23.8 Å². The zero-order valence-electron chi connectivity index (χ0n) is 14.7. The molecule has 0 aliphatic heterocycles. The summed E-state index contributed by atoms with van der Waals surface area (Å²) in [5, 5.41) is 5.13. The predicted octanol–water partition coefficient (Wildman–Crippen LogP) is 2.85. The second-order valence-electron chi connectivity index (χ2n) is 5.65. The number of aromatic nitrogens is 4. The molecule has 0 atom stereocenters. The van der Waals surface area contributed by atoms with Crippen LogP contribution in [0.1, 0.15) is 5.69 Å². The molecule has 0 radical (unpaired) electrons. The van der Waals surface area contributed by atoms with Crippen molar-refractivity contribution in [2.24, 2.45) is 14.1 Å². The number of aryl methyl sites for hydroxylation is 1. The molecule has 2 heterocycles. The molecule has 0 spiro atoms. The number of nitrogens with zero attached hydrogens (tertiary/aromatic N) is 4. The molecule has 1 aromatic carbocycles. The Labute approximate surface area is 160 Å². The lowest BCUT2D eigenvalue weighted by Crippen LogP contribution is -2.20. The van der Waals surface area contributed by atoms with E-state index in [4.69, 9.17) is 33.3 Å². The fraction of sp³-hybridized carbons (Fsp3) is 0.235. The van der Waals surface area contributed by atoms with Gasteiger partial charge < -0.3 is 9.47 Å². The number of benzene rings is 1. The lowest BCUT2D eigenvalue weighted by atomic mass is 10.1. The summed E-state index contributed by atoms with van der Waals surface area (Å²) in [6.07, 6.45) is 0. The van der Waals surface area contributed by atoms with Gasteiger partial charge in [0, 0.05) is 42.6 Å². The minimum Gasteiger partial charge on any atom is -0.460 e. The van der Waals surface area contributed by atoms with Crippen molar-refractivity contribution in [2.45, 2.75) is 6.92 Å². The summed E-state index contributed by atoms with van der Waals surface area (Å²) in [4.78, 5) is 12.7. The second kappa shape index (κ2) is 6.97. The summed E-state index contributed by atoms with van der Waals surface area (Å²) in [5.74, 6) is 0.248. The molecule has 3 rings (SSSR count). The Morgan fingerprint density at radius 3 is 2.46 bits per heavy atom. The summed E-state index contributed by atoms with van der Waals surface area (Å²) in [6, 6.07) is 9.20. The van der Waals surface area contributed by atoms with E-state index in [9.17, 15) is 4.79 Å². The van der Waals surface area contributed by atoms with Crippen LogP contribution in [0.3, 0.4) is 0 Å². The van der Waals surface area contributed by atoms with Gasteiger partial charge in [0.25, 0.3) is 11.4 Å². The van der Waals surface area contributed by atoms with Crippen LogP contribution in [-0.2, 0) is 18.8 Å². The first-order chi connectivity index (χ1) is 12.3. The highest BCUT2D eigenvalue weighted by atomic mass is 35.5. The zero-order valence-corrected chi connectivity index (χ0v) is 16.3. The lowest BCUT2D eigenvalue weighted by Gasteiger charge is -2.09. The van der Waals surface area contributed by atoms with Gasteiger partial charge in [-0.3, -0.25) is 9.48 Å². The maximum absolute atomic E-state index is 12.7. The fourth-order valence-corrected chi connectivity index (χ4v) is 2.75. The number of hydrogen-bond donors (Lipinski definition) is 0. The third-order valence-corrected chi connectivity index (χ3v) is 4.53. The average Bonchev–Trinajstić information content (AvgIpc) is 3.09. The molecule has 0 aliphatic carbocycles. The number of hydrogen-bond acceptors (Lipinski definition) is 5. The lowest BCUT2D eigenvalue weighted by molar-refractivity contribution is 0.300. The third-order valence-electron chi connectivity index (χ3n) is 4.03. The third kappa shape index (κ3) is 3.13. The van der Waals surface area contributed by atoms with Crippen molar-refractivity contribution in [3.05, 3.63) is 51.4 Å². The molecule has 0 saturated carbocycles. The van der Waals surface area contributed by atoms with Crippen molar-refractivity contribution in [1.82, 2.24) is 19.1 Å². The summed E-state index contributed by atoms with van der Waals surface area (Å²) in [5.41, 5.74) is 2.36. The van der Waals surface area contributed by atoms with Crippen molar-refractivity contribution in [2.75, 3.05) is 7.11 Å². The van der Waals surface area contributed by atoms with Crippen LogP contribution in [0.5, 0.6) is 5.88 Å². The molecular weight excluding hydrogens is 376 g/mol. The number of halogens is 1. The maximum atomic E-state index is 12.7. The molecule has 3 aromatic rings. The van der Waals surface area contributed by atoms with Crippen molar-refractivity contribution in [3.8, 4) is 22.8 Å². The average molecular weight is 393 g/mol. The van der Waals surface area contributed by atoms with Crippen LogP contribution in [0.2, 0.25) is 5.02 Å². The molecule has 0 aliphatic rings. The molecule has 0 saturated heterocycles. The van der Waals surface area contributed by atoms with E-state index in [0.717, 1.165) is 11.3 Å². The van der Waals surface area contributed by atoms with E-state index < -0.39 is 0 Å². The van der Waals surface area contributed by atoms with Gasteiger partial charge in [-0.2, -0.15) is 5.10 Å². The molecule has 0 N–H and O–H groups in total. The van der Waals surface area contributed by atoms with E-state index in [0.29, 0.717) is 10.7 Å². The van der Waals surface area contributed by atoms with Gasteiger partial charge in [0.15, 0.2) is 5.69 Å². The second-order valence-corrected chi connectivity index (χ2v) is 6.42. The highest BCUT2D eigenvalue weighted by Gasteiger charge is 2.24. The predicted molar refractivity (Wildman–Crippen MR) is 103 cm³/mol. The minimum atomic E-state index is -0.268. The molecule has 0 bridgehead atoms. The Bertz CT molecular complexity index is 1030. The van der Waals surface area contributed by atoms with E-state index in [1.807, 2.05) is 25.1 Å². The van der Waals surface area contributed by atoms with Crippen LogP contribution in [0, 0.1) is 6.92 Å². The van der Waals surface area contributed by atoms with Gasteiger partial charge >= 0.3 is 5.24 Å². The standard InChI is InChI=1S/C17H17ClN4O3S/c1-10-9-13(11-5-7-12(18)8-6-11)19-22(10)14-15(23)20(2)21(3)16(14)25-17(26)24-4/h5-9H,1-4H3. The van der Waals surface area contributed by atoms with Crippen LogP contribution in [0.15, 0.2) is 35.1 Å². The molecule has 0 unspecified atom stereocenters. The smallest absolute Gasteiger partial charge is 0.358 e. The molecule has 0 amide bonds. The normalized spacial score (nSPS) is 10.8. The summed E-state index contributed by atoms with van der Waals surface area (Å²) in [7, 11) is 4.73. The molecule has 7 nitrogen and oxygen atoms in total. The van der Waals surface area contributed by atoms with Crippen LogP contribution < -0.4 is 10.3 Å². The Morgan fingerprint density at radius 1 is 1.19 bits per heavy atom. The molecule has 136 valence electrons. The summed E-state index contributed by atoms with van der Waals surface area (Å²) < 4.78 is 14.9. The van der Waals surface area contributed by atoms with E-state index in [1.165, 1.54) is 11.8 Å². The minimum absolute atomic E-state index is 0.0878. The van der Waals surface area contributed by atoms with Crippen molar-refractivity contribution >= 4 is 29.1 Å². The van der Waals surface area contributed by atoms with Gasteiger partial charge in [0.1, 0.15) is 0 Å². The SMILES string of the molecule is COC(=S)Oc1c(-n2nc(-c3ccc(Cl)cc3)cc2C)c(=O)n(C)n1C. The molecular formula is C17H17ClN4O3S. The number of methoxy groups -OCH3 is 1. The van der Waals surface area contributed by atoms with E-state index in [-0.39, 0.29) is 22.4 Å². The van der Waals surface area contributed by atoms with Gasteiger partial charge in [-0.1, -0.05) is 23.7 Å². The fourth-order valence-electron chi connectivity index (χ4n) is 2.55. The first-order valence-electron chi connectivity index (χ1n) is 7.68. The Balaban J connectivity index is 2.15. The van der Waals surface area contributed by atoms with E-state index in [2.05, 4.69) is 5.10 Å². The summed E-state index contributed by atoms with van der Waals surface area (Å²) in [6.45, 7) is 1.86. The monoisotopic (exact) mass is 392 g/mol. The maximum Gasteiger partial charge on any atom is 0.358 e. The number of thiocarbonyl (C=S) groups is 1. The number of ether oxygens (including phenoxy) is 2. The quantitative estimate of drug-likeness (QED) is 0.641. The van der Waals surface area contributed by atoms with Crippen molar-refractivity contribution in [1.29, 1.82) is 0 Å². The Kier molecular flexibility index (Phi) is 4.88. The van der Waals surface area contributed by atoms with Gasteiger partial charge in [-0.15, -0.1) is 0 Å². The van der Waals surface area contributed by atoms with Gasteiger partial charge in [-0.05, 0) is 25.1 Å². The largest absolute Gasteiger partial charge is 0.460 e. The molecule has 0 fully saturated rings. The van der Waals surface area contributed by atoms with Crippen molar-refractivity contribution in [3.63, 3.8) is 0 Å².